The van der Waals surface area contributed by atoms with E-state index in [4.69, 9.17) is 24.1 Å². The molecule has 3 N–H and O–H groups in total. The molecule has 2 amide bonds. The third kappa shape index (κ3) is 13.1. The highest BCUT2D eigenvalue weighted by Crippen LogP contribution is 2.42. The van der Waals surface area contributed by atoms with Crippen LogP contribution in [0.4, 0.5) is 20.2 Å². The molecule has 6 aromatic rings. The number of furan rings is 2. The molecule has 0 bridgehead atoms. The molecule has 0 aliphatic carbocycles. The first-order chi connectivity index (χ1) is 31.8. The van der Waals surface area contributed by atoms with Gasteiger partial charge in [-0.2, -0.15) is 5.26 Å². The van der Waals surface area contributed by atoms with E-state index in [0.29, 0.717) is 48.7 Å². The highest BCUT2D eigenvalue weighted by molar-refractivity contribution is 9.11. The van der Waals surface area contributed by atoms with Crippen molar-refractivity contribution in [3.05, 3.63) is 105 Å². The van der Waals surface area contributed by atoms with E-state index in [0.717, 1.165) is 16.8 Å². The highest BCUT2D eigenvalue weighted by atomic mass is 79.9. The van der Waals surface area contributed by atoms with Crippen LogP contribution in [-0.2, 0) is 24.8 Å². The number of nitrogens with zero attached hydrogens (tertiary/aromatic N) is 4. The average Bonchev–Trinajstić information content (AvgIpc) is 3.92. The Bertz CT molecular complexity index is 3170. The average molecular weight is 1120 g/mol. The maximum Gasteiger partial charge on any atom is 0.255 e. The second-order valence-electron chi connectivity index (χ2n) is 16.3. The summed E-state index contributed by atoms with van der Waals surface area (Å²) in [6.07, 6.45) is 0.487. The lowest BCUT2D eigenvalue weighted by atomic mass is 10.0. The van der Waals surface area contributed by atoms with E-state index in [1.54, 1.807) is 24.3 Å². The predicted octanol–water partition coefficient (Wildman–Crippen LogP) is 8.31. The fourth-order valence-electron chi connectivity index (χ4n) is 6.45. The fraction of sp³-hybridized carbons (Fsp3) is 0.289. The molecule has 360 valence electrons. The second-order valence-corrected chi connectivity index (χ2v) is 26.6. The topological polar surface area (TPSA) is 240 Å². The summed E-state index contributed by atoms with van der Waals surface area (Å²) < 4.78 is 96.4. The number of nitriles is 2. The molecule has 2 atom stereocenters. The number of carbonyl (C=O) groups excluding carboxylic acids is 2. The van der Waals surface area contributed by atoms with Gasteiger partial charge in [0.25, 0.3) is 11.8 Å². The standard InChI is InChI=1S/C21H19BrFN3O5S.C20H18BrFN2O5S.C4H9NSi/c1-25-21(28)19-15-9-16(22)17(26(32(2,29)30)11-14(27)7-8-24)10-18(15)31-20(19)12-3-5-13(23)6-4-12;1-23-20(25)18-14-7-15(21)16(24(30(2,26)27)9-13-10-28-13)8-17(14)29-19(18)11-3-5-12(22)6-4-11;1-6(2,3)4-5/h3-6,9-10,14,27H,7,11H2,1-2H3,(H,25,28);3-8,13H,9-10H2,1-2H3,(H,23,25);1-3H3. The normalized spacial score (nSPS) is 13.8. The molecule has 0 radical (unpaired) electrons. The van der Waals surface area contributed by atoms with Gasteiger partial charge in [-0.15, -0.1) is 0 Å². The molecule has 1 fully saturated rings. The van der Waals surface area contributed by atoms with Crippen LogP contribution in [0.15, 0.2) is 90.6 Å². The van der Waals surface area contributed by atoms with Gasteiger partial charge in [0, 0.05) is 62.8 Å². The number of ether oxygens (including phenoxy) is 1. The Morgan fingerprint density at radius 2 is 1.16 bits per heavy atom. The van der Waals surface area contributed by atoms with Crippen molar-refractivity contribution in [1.29, 1.82) is 10.5 Å². The van der Waals surface area contributed by atoms with Gasteiger partial charge in [-0.3, -0.25) is 18.2 Å². The molecule has 2 unspecified atom stereocenters. The van der Waals surface area contributed by atoms with Crippen LogP contribution in [0.2, 0.25) is 19.6 Å². The van der Waals surface area contributed by atoms with Crippen LogP contribution in [-0.4, -0.2) is 100 Å². The van der Waals surface area contributed by atoms with Gasteiger partial charge in [0.2, 0.25) is 20.0 Å². The first-order valence-corrected chi connectivity index (χ1v) is 29.1. The number of hydrogen-bond acceptors (Lipinski definition) is 12. The number of halogens is 4. The minimum Gasteiger partial charge on any atom is -0.455 e. The van der Waals surface area contributed by atoms with Crippen LogP contribution in [0.5, 0.6) is 0 Å². The molecule has 1 aliphatic heterocycles. The van der Waals surface area contributed by atoms with Crippen LogP contribution in [0.3, 0.4) is 0 Å². The Hall–Kier alpha value is -5.66. The van der Waals surface area contributed by atoms with Crippen molar-refractivity contribution in [2.45, 2.75) is 38.3 Å². The fourth-order valence-corrected chi connectivity index (χ4v) is 9.69. The van der Waals surface area contributed by atoms with Gasteiger partial charge in [-0.25, -0.2) is 30.9 Å². The highest BCUT2D eigenvalue weighted by Gasteiger charge is 2.33. The second kappa shape index (κ2) is 21.7. The maximum atomic E-state index is 13.4. The number of aliphatic hydroxyl groups excluding tert-OH is 1. The van der Waals surface area contributed by atoms with Gasteiger partial charge < -0.3 is 29.3 Å². The number of carbonyl (C=O) groups is 2. The smallest absolute Gasteiger partial charge is 0.255 e. The molecule has 4 aromatic carbocycles. The molecule has 7 rings (SSSR count). The number of hydrogen-bond donors (Lipinski definition) is 3. The van der Waals surface area contributed by atoms with Gasteiger partial charge in [-0.05, 0) is 92.5 Å². The molecule has 68 heavy (non-hydrogen) atoms. The van der Waals surface area contributed by atoms with Crippen LogP contribution in [0.25, 0.3) is 44.6 Å². The van der Waals surface area contributed by atoms with Crippen LogP contribution < -0.4 is 19.2 Å². The van der Waals surface area contributed by atoms with E-state index in [9.17, 15) is 40.3 Å². The number of aliphatic hydroxyl groups is 1. The Labute approximate surface area is 409 Å². The third-order valence-corrected chi connectivity index (χ3v) is 14.0. The molecule has 23 heteroatoms. The van der Waals surface area contributed by atoms with E-state index in [-0.39, 0.29) is 65.4 Å². The van der Waals surface area contributed by atoms with Gasteiger partial charge in [-0.1, -0.05) is 19.6 Å². The van der Waals surface area contributed by atoms with E-state index in [1.165, 1.54) is 73.0 Å². The van der Waals surface area contributed by atoms with Crippen molar-refractivity contribution < 1.29 is 53.9 Å². The van der Waals surface area contributed by atoms with Gasteiger partial charge in [0.05, 0.1) is 79.4 Å². The lowest BCUT2D eigenvalue weighted by Gasteiger charge is -2.25. The minimum absolute atomic E-state index is 0.157. The summed E-state index contributed by atoms with van der Waals surface area (Å²) in [4.78, 5) is 25.2. The SMILES string of the molecule is CNC(=O)c1c(-c2ccc(F)cc2)oc2cc(N(CC(O)CC#N)S(C)(=O)=O)c(Br)cc12.CNC(=O)c1c(-c2ccc(F)cc2)oc2cc(N(CC3CO3)S(C)(=O)=O)c(Br)cc12.C[Si](C)(C)C#N. The molecule has 16 nitrogen and oxygen atoms in total. The lowest BCUT2D eigenvalue weighted by molar-refractivity contribution is 0.0956. The van der Waals surface area contributed by atoms with Crippen molar-refractivity contribution in [2.24, 2.45) is 0 Å². The number of sulfonamides is 2. The minimum atomic E-state index is -3.83. The summed E-state index contributed by atoms with van der Waals surface area (Å²) in [7, 11) is -5.78. The molecule has 1 saturated heterocycles. The van der Waals surface area contributed by atoms with Crippen molar-refractivity contribution in [3.63, 3.8) is 0 Å². The summed E-state index contributed by atoms with van der Waals surface area (Å²) in [5, 5.41) is 33.1. The Kier molecular flexibility index (Phi) is 17.0. The lowest BCUT2D eigenvalue weighted by Crippen LogP contribution is -2.37. The zero-order chi connectivity index (χ0) is 50.5. The molecule has 0 spiro atoms. The Morgan fingerprint density at radius 1 is 0.779 bits per heavy atom. The number of epoxide rings is 1. The van der Waals surface area contributed by atoms with Crippen molar-refractivity contribution >= 4 is 105 Å². The quantitative estimate of drug-likeness (QED) is 0.0731. The number of fused-ring (bicyclic) bond motifs is 2. The zero-order valence-corrected chi connectivity index (χ0v) is 43.5. The van der Waals surface area contributed by atoms with Crippen LogP contribution in [0.1, 0.15) is 27.1 Å². The number of benzene rings is 4. The van der Waals surface area contributed by atoms with Crippen molar-refractivity contribution in [1.82, 2.24) is 10.6 Å². The molecule has 3 heterocycles. The summed E-state index contributed by atoms with van der Waals surface area (Å²) in [6.45, 7) is 6.40. The van der Waals surface area contributed by atoms with Crippen molar-refractivity contribution in [2.75, 3.05) is 54.9 Å². The largest absolute Gasteiger partial charge is 0.455 e. The summed E-state index contributed by atoms with van der Waals surface area (Å²) >= 11 is 6.78. The van der Waals surface area contributed by atoms with Gasteiger partial charge in [0.1, 0.15) is 34.3 Å². The van der Waals surface area contributed by atoms with Gasteiger partial charge in [0.15, 0.2) is 8.07 Å². The Balaban J connectivity index is 0.000000227. The van der Waals surface area contributed by atoms with E-state index in [1.807, 2.05) is 19.6 Å². The molecule has 1 aliphatic rings. The van der Waals surface area contributed by atoms with E-state index >= 15 is 0 Å². The number of nitrogens with one attached hydrogen (secondary N) is 2. The molecular formula is C45H46Br2F2N6O10S2Si. The van der Waals surface area contributed by atoms with E-state index < -0.39 is 51.8 Å². The maximum absolute atomic E-state index is 13.4. The predicted molar refractivity (Wildman–Crippen MR) is 265 cm³/mol. The summed E-state index contributed by atoms with van der Waals surface area (Å²) in [5.74, 6) is -1.21. The zero-order valence-electron chi connectivity index (χ0n) is 37.6. The number of rotatable bonds is 13. The first-order valence-electron chi connectivity index (χ1n) is 20.3. The third-order valence-electron chi connectivity index (χ3n) is 9.78. The Morgan fingerprint density at radius 3 is 1.49 bits per heavy atom. The molecular weight excluding hydrogens is 1070 g/mol. The van der Waals surface area contributed by atoms with Gasteiger partial charge >= 0.3 is 0 Å². The summed E-state index contributed by atoms with van der Waals surface area (Å²) in [6, 6.07) is 19.0. The first kappa shape index (κ1) is 53.3. The van der Waals surface area contributed by atoms with Crippen molar-refractivity contribution in [3.8, 4) is 34.4 Å². The number of amides is 2. The van der Waals surface area contributed by atoms with Crippen LogP contribution >= 0.6 is 31.9 Å². The van der Waals surface area contributed by atoms with Crippen LogP contribution in [0, 0.1) is 33.9 Å². The monoisotopic (exact) mass is 1120 g/mol. The summed E-state index contributed by atoms with van der Waals surface area (Å²) in [5.41, 5.74) is 4.80. The van der Waals surface area contributed by atoms with E-state index in [2.05, 4.69) is 48.2 Å². The molecule has 0 saturated carbocycles. The number of anilines is 2. The molecule has 2 aromatic heterocycles.